The van der Waals surface area contributed by atoms with Gasteiger partial charge in [-0.15, -0.1) is 11.3 Å². The first-order chi connectivity index (χ1) is 15.1. The van der Waals surface area contributed by atoms with E-state index < -0.39 is 0 Å². The zero-order valence-electron chi connectivity index (χ0n) is 16.4. The molecule has 1 aromatic carbocycles. The van der Waals surface area contributed by atoms with Gasteiger partial charge >= 0.3 is 0 Å². The molecule has 4 aromatic rings. The number of thiophene rings is 1. The van der Waals surface area contributed by atoms with Crippen LogP contribution in [0.15, 0.2) is 58.8 Å². The van der Waals surface area contributed by atoms with Gasteiger partial charge in [0.05, 0.1) is 31.9 Å². The van der Waals surface area contributed by atoms with Crippen LogP contribution in [0.25, 0.3) is 22.0 Å². The summed E-state index contributed by atoms with van der Waals surface area (Å²) < 4.78 is 0. The first-order valence-corrected chi connectivity index (χ1v) is 11.5. The summed E-state index contributed by atoms with van der Waals surface area (Å²) in [5.41, 5.74) is 4.46. The molecule has 4 heterocycles. The molecule has 0 atom stereocenters. The summed E-state index contributed by atoms with van der Waals surface area (Å²) in [5.74, 6) is 0.661. The SMILES string of the molecule is O=c1[nH]c(-c2cccs2)nc2c1CN(Cc1ccc(-c3ccc(Cl)c(Cl)c3)nc1)CC2. The Balaban J connectivity index is 1.31. The van der Waals surface area contributed by atoms with Crippen LogP contribution in [0.5, 0.6) is 0 Å². The summed E-state index contributed by atoms with van der Waals surface area (Å²) >= 11 is 13.7. The summed E-state index contributed by atoms with van der Waals surface area (Å²) in [4.78, 5) is 28.1. The van der Waals surface area contributed by atoms with Crippen LogP contribution in [0, 0.1) is 0 Å². The van der Waals surface area contributed by atoms with Crippen molar-refractivity contribution in [1.29, 1.82) is 0 Å². The van der Waals surface area contributed by atoms with Crippen LogP contribution < -0.4 is 5.56 Å². The molecular weight excluding hydrogens is 451 g/mol. The molecule has 0 aliphatic carbocycles. The van der Waals surface area contributed by atoms with E-state index in [1.54, 1.807) is 17.4 Å². The van der Waals surface area contributed by atoms with E-state index in [1.165, 1.54) is 0 Å². The Morgan fingerprint density at radius 3 is 2.77 bits per heavy atom. The second-order valence-electron chi connectivity index (χ2n) is 7.46. The van der Waals surface area contributed by atoms with Crippen molar-refractivity contribution < 1.29 is 0 Å². The number of halogens is 2. The molecule has 5 nitrogen and oxygen atoms in total. The zero-order chi connectivity index (χ0) is 21.4. The van der Waals surface area contributed by atoms with Crippen LogP contribution in [0.1, 0.15) is 16.8 Å². The Hall–Kier alpha value is -2.51. The van der Waals surface area contributed by atoms with E-state index in [0.29, 0.717) is 22.4 Å². The predicted octanol–water partition coefficient (Wildman–Crippen LogP) is 5.43. The summed E-state index contributed by atoms with van der Waals surface area (Å²) in [6.45, 7) is 2.15. The highest BCUT2D eigenvalue weighted by Crippen LogP contribution is 2.28. The first-order valence-electron chi connectivity index (χ1n) is 9.85. The molecule has 0 radical (unpaired) electrons. The highest BCUT2D eigenvalue weighted by Gasteiger charge is 2.22. The fraction of sp³-hybridized carbons (Fsp3) is 0.174. The van der Waals surface area contributed by atoms with Crippen LogP contribution in [0.4, 0.5) is 0 Å². The van der Waals surface area contributed by atoms with Crippen LogP contribution in [-0.4, -0.2) is 26.4 Å². The van der Waals surface area contributed by atoms with Crippen LogP contribution in [0.2, 0.25) is 10.0 Å². The standard InChI is InChI=1S/C23H18Cl2N4OS/c24-17-5-4-15(10-18(17)25)19-6-3-14(11-26-19)12-29-8-7-20-16(13-29)23(30)28-22(27-20)21-2-1-9-31-21/h1-6,9-11H,7-8,12-13H2,(H,27,28,30). The van der Waals surface area contributed by atoms with Gasteiger partial charge < -0.3 is 4.98 Å². The molecule has 0 bridgehead atoms. The first kappa shape index (κ1) is 20.4. The van der Waals surface area contributed by atoms with Crippen molar-refractivity contribution in [3.05, 3.63) is 91.3 Å². The number of benzene rings is 1. The van der Waals surface area contributed by atoms with Gasteiger partial charge in [-0.2, -0.15) is 0 Å². The Labute approximate surface area is 193 Å². The molecule has 5 rings (SSSR count). The number of rotatable bonds is 4. The number of aromatic amines is 1. The van der Waals surface area contributed by atoms with Gasteiger partial charge in [0.1, 0.15) is 0 Å². The average molecular weight is 469 g/mol. The number of pyridine rings is 1. The van der Waals surface area contributed by atoms with Gasteiger partial charge in [0.25, 0.3) is 5.56 Å². The number of H-pyrrole nitrogens is 1. The van der Waals surface area contributed by atoms with Gasteiger partial charge in [0, 0.05) is 37.8 Å². The largest absolute Gasteiger partial charge is 0.306 e. The molecule has 0 spiro atoms. The molecule has 1 N–H and O–H groups in total. The minimum absolute atomic E-state index is 0.0498. The van der Waals surface area contributed by atoms with Crippen molar-refractivity contribution in [2.24, 2.45) is 0 Å². The average Bonchev–Trinajstić information content (AvgIpc) is 3.32. The smallest absolute Gasteiger partial charge is 0.255 e. The number of nitrogens with one attached hydrogen (secondary N) is 1. The molecule has 0 amide bonds. The second kappa shape index (κ2) is 8.55. The molecule has 8 heteroatoms. The van der Waals surface area contributed by atoms with Gasteiger partial charge in [-0.25, -0.2) is 4.98 Å². The highest BCUT2D eigenvalue weighted by molar-refractivity contribution is 7.13. The third-order valence-electron chi connectivity index (χ3n) is 5.35. The van der Waals surface area contributed by atoms with Crippen molar-refractivity contribution in [3.8, 4) is 22.0 Å². The van der Waals surface area contributed by atoms with Gasteiger partial charge in [-0.1, -0.05) is 41.4 Å². The fourth-order valence-electron chi connectivity index (χ4n) is 3.75. The Kier molecular flexibility index (Phi) is 5.63. The molecule has 3 aromatic heterocycles. The van der Waals surface area contributed by atoms with E-state index in [9.17, 15) is 4.79 Å². The normalized spacial score (nSPS) is 13.9. The molecule has 0 saturated carbocycles. The van der Waals surface area contributed by atoms with E-state index in [0.717, 1.165) is 52.5 Å². The van der Waals surface area contributed by atoms with E-state index in [2.05, 4.69) is 20.9 Å². The Morgan fingerprint density at radius 1 is 1.13 bits per heavy atom. The molecule has 1 aliphatic rings. The minimum atomic E-state index is -0.0498. The molecule has 1 aliphatic heterocycles. The number of aromatic nitrogens is 3. The van der Waals surface area contributed by atoms with Crippen molar-refractivity contribution in [2.45, 2.75) is 19.5 Å². The third-order valence-corrected chi connectivity index (χ3v) is 6.96. The maximum Gasteiger partial charge on any atom is 0.255 e. The monoisotopic (exact) mass is 468 g/mol. The predicted molar refractivity (Wildman–Crippen MR) is 126 cm³/mol. The fourth-order valence-corrected chi connectivity index (χ4v) is 4.72. The lowest BCUT2D eigenvalue weighted by Crippen LogP contribution is -2.35. The van der Waals surface area contributed by atoms with Crippen molar-refractivity contribution in [1.82, 2.24) is 19.9 Å². The molecule has 0 unspecified atom stereocenters. The molecule has 156 valence electrons. The zero-order valence-corrected chi connectivity index (χ0v) is 18.8. The number of fused-ring (bicyclic) bond motifs is 1. The molecule has 0 saturated heterocycles. The van der Waals surface area contributed by atoms with E-state index >= 15 is 0 Å². The lowest BCUT2D eigenvalue weighted by Gasteiger charge is -2.27. The van der Waals surface area contributed by atoms with Gasteiger partial charge in [-0.3, -0.25) is 14.7 Å². The van der Waals surface area contributed by atoms with Gasteiger partial charge in [0.2, 0.25) is 0 Å². The number of nitrogens with zero attached hydrogens (tertiary/aromatic N) is 3. The quantitative estimate of drug-likeness (QED) is 0.433. The second-order valence-corrected chi connectivity index (χ2v) is 9.22. The maximum atomic E-state index is 12.7. The minimum Gasteiger partial charge on any atom is -0.306 e. The lowest BCUT2D eigenvalue weighted by molar-refractivity contribution is 0.241. The maximum absolute atomic E-state index is 12.7. The summed E-state index contributed by atoms with van der Waals surface area (Å²) in [6, 6.07) is 13.5. The topological polar surface area (TPSA) is 61.9 Å². The molecule has 31 heavy (non-hydrogen) atoms. The van der Waals surface area contributed by atoms with E-state index in [4.69, 9.17) is 28.2 Å². The van der Waals surface area contributed by atoms with E-state index in [1.807, 2.05) is 41.9 Å². The third kappa shape index (κ3) is 4.29. The van der Waals surface area contributed by atoms with E-state index in [-0.39, 0.29) is 5.56 Å². The van der Waals surface area contributed by atoms with Crippen LogP contribution in [0.3, 0.4) is 0 Å². The number of hydrogen-bond acceptors (Lipinski definition) is 5. The number of hydrogen-bond donors (Lipinski definition) is 1. The summed E-state index contributed by atoms with van der Waals surface area (Å²) in [5, 5.41) is 3.02. The Morgan fingerprint density at radius 2 is 2.03 bits per heavy atom. The van der Waals surface area contributed by atoms with Gasteiger partial charge in [-0.05, 0) is 35.2 Å². The summed E-state index contributed by atoms with van der Waals surface area (Å²) in [6.07, 6.45) is 2.63. The van der Waals surface area contributed by atoms with Crippen molar-refractivity contribution >= 4 is 34.5 Å². The Bertz CT molecular complexity index is 1290. The van der Waals surface area contributed by atoms with Crippen LogP contribution in [-0.2, 0) is 19.5 Å². The molecule has 0 fully saturated rings. The summed E-state index contributed by atoms with van der Waals surface area (Å²) in [7, 11) is 0. The highest BCUT2D eigenvalue weighted by atomic mass is 35.5. The molecular formula is C23H18Cl2N4OS. The van der Waals surface area contributed by atoms with Gasteiger partial charge in [0.15, 0.2) is 5.82 Å². The van der Waals surface area contributed by atoms with Crippen LogP contribution >= 0.6 is 34.5 Å². The van der Waals surface area contributed by atoms with Crippen molar-refractivity contribution in [2.75, 3.05) is 6.54 Å². The lowest BCUT2D eigenvalue weighted by atomic mass is 10.1. The van der Waals surface area contributed by atoms with Crippen molar-refractivity contribution in [3.63, 3.8) is 0 Å².